The Kier molecular flexibility index (Phi) is 4.12. The lowest BCUT2D eigenvalue weighted by molar-refractivity contribution is -0.158. The summed E-state index contributed by atoms with van der Waals surface area (Å²) in [5.74, 6) is 0.756. The fourth-order valence-corrected chi connectivity index (χ4v) is 2.93. The number of rotatable bonds is 4. The third-order valence-electron chi connectivity index (χ3n) is 3.96. The zero-order chi connectivity index (χ0) is 15.8. The summed E-state index contributed by atoms with van der Waals surface area (Å²) >= 11 is 0. The van der Waals surface area contributed by atoms with Gasteiger partial charge in [0.05, 0.1) is 6.26 Å². The number of hydrogen-bond acceptors (Lipinski definition) is 3. The predicted octanol–water partition coefficient (Wildman–Crippen LogP) is 1.97. The third-order valence-corrected chi connectivity index (χ3v) is 3.96. The maximum Gasteiger partial charge on any atom is 0.248 e. The van der Waals surface area contributed by atoms with Crippen LogP contribution < -0.4 is 5.32 Å². The van der Waals surface area contributed by atoms with E-state index in [2.05, 4.69) is 5.32 Å². The first kappa shape index (κ1) is 15.6. The van der Waals surface area contributed by atoms with Crippen LogP contribution >= 0.6 is 0 Å². The molecule has 1 aliphatic rings. The molecule has 2 unspecified atom stereocenters. The Morgan fingerprint density at radius 3 is 2.52 bits per heavy atom. The molecular formula is C16H24N2O3. The van der Waals surface area contributed by atoms with E-state index in [1.165, 1.54) is 0 Å². The van der Waals surface area contributed by atoms with E-state index >= 15 is 0 Å². The number of amides is 2. The van der Waals surface area contributed by atoms with Gasteiger partial charge in [0.1, 0.15) is 17.3 Å². The molecule has 2 amide bonds. The molecule has 1 N–H and O–H groups in total. The van der Waals surface area contributed by atoms with Crippen LogP contribution in [0.15, 0.2) is 22.8 Å². The van der Waals surface area contributed by atoms with Crippen molar-refractivity contribution in [2.45, 2.75) is 58.7 Å². The lowest BCUT2D eigenvalue weighted by atomic mass is 9.89. The standard InChI is InChI=1S/C16H24N2O3/c1-10(2)13-14(19)17-16(4,5)15(20)18(13)11(3)9-12-7-6-8-21-12/h6-8,10-11,13H,9H2,1-5H3,(H,17,19). The van der Waals surface area contributed by atoms with Crippen LogP contribution in [-0.4, -0.2) is 34.3 Å². The average Bonchev–Trinajstić information content (AvgIpc) is 2.84. The van der Waals surface area contributed by atoms with Crippen LogP contribution in [0.4, 0.5) is 0 Å². The number of nitrogens with one attached hydrogen (secondary N) is 1. The lowest BCUT2D eigenvalue weighted by Gasteiger charge is -2.47. The Labute approximate surface area is 125 Å². The quantitative estimate of drug-likeness (QED) is 0.923. The third kappa shape index (κ3) is 2.96. The first-order chi connectivity index (χ1) is 9.74. The van der Waals surface area contributed by atoms with Crippen molar-refractivity contribution in [2.24, 2.45) is 5.92 Å². The average molecular weight is 292 g/mol. The van der Waals surface area contributed by atoms with Crippen LogP contribution in [0.2, 0.25) is 0 Å². The van der Waals surface area contributed by atoms with Gasteiger partial charge in [-0.1, -0.05) is 13.8 Å². The van der Waals surface area contributed by atoms with Crippen molar-refractivity contribution in [3.63, 3.8) is 0 Å². The molecule has 0 bridgehead atoms. The van der Waals surface area contributed by atoms with Gasteiger partial charge in [-0.2, -0.15) is 0 Å². The van der Waals surface area contributed by atoms with Gasteiger partial charge in [0.2, 0.25) is 11.8 Å². The number of hydrogen-bond donors (Lipinski definition) is 1. The first-order valence-electron chi connectivity index (χ1n) is 7.41. The minimum atomic E-state index is -0.861. The monoisotopic (exact) mass is 292 g/mol. The van der Waals surface area contributed by atoms with Crippen LogP contribution in [0, 0.1) is 5.92 Å². The first-order valence-corrected chi connectivity index (χ1v) is 7.41. The maximum atomic E-state index is 12.8. The summed E-state index contributed by atoms with van der Waals surface area (Å²) in [5, 5.41) is 2.83. The van der Waals surface area contributed by atoms with E-state index < -0.39 is 11.6 Å². The molecule has 116 valence electrons. The number of nitrogens with zero attached hydrogens (tertiary/aromatic N) is 1. The van der Waals surface area contributed by atoms with Gasteiger partial charge < -0.3 is 14.6 Å². The Morgan fingerprint density at radius 2 is 2.00 bits per heavy atom. The fraction of sp³-hybridized carbons (Fsp3) is 0.625. The second kappa shape index (κ2) is 5.54. The predicted molar refractivity (Wildman–Crippen MR) is 79.6 cm³/mol. The van der Waals surface area contributed by atoms with E-state index in [9.17, 15) is 9.59 Å². The van der Waals surface area contributed by atoms with Crippen LogP contribution in [-0.2, 0) is 16.0 Å². The van der Waals surface area contributed by atoms with Gasteiger partial charge in [-0.15, -0.1) is 0 Å². The smallest absolute Gasteiger partial charge is 0.248 e. The van der Waals surface area contributed by atoms with Crippen LogP contribution in [0.3, 0.4) is 0 Å². The van der Waals surface area contributed by atoms with Crippen molar-refractivity contribution in [2.75, 3.05) is 0 Å². The summed E-state index contributed by atoms with van der Waals surface area (Å²) in [6.45, 7) is 9.38. The molecule has 1 aliphatic heterocycles. The summed E-state index contributed by atoms with van der Waals surface area (Å²) in [6.07, 6.45) is 2.22. The van der Waals surface area contributed by atoms with Crippen LogP contribution in [0.25, 0.3) is 0 Å². The molecule has 1 saturated heterocycles. The molecule has 5 nitrogen and oxygen atoms in total. The fourth-order valence-electron chi connectivity index (χ4n) is 2.93. The van der Waals surface area contributed by atoms with E-state index in [1.54, 1.807) is 25.0 Å². The number of carbonyl (C=O) groups excluding carboxylic acids is 2. The molecule has 0 aromatic carbocycles. The maximum absolute atomic E-state index is 12.8. The summed E-state index contributed by atoms with van der Waals surface area (Å²) in [7, 11) is 0. The molecule has 1 aromatic rings. The highest BCUT2D eigenvalue weighted by Gasteiger charge is 2.47. The second-order valence-electron chi connectivity index (χ2n) is 6.65. The van der Waals surface area contributed by atoms with E-state index in [0.717, 1.165) is 5.76 Å². The highest BCUT2D eigenvalue weighted by atomic mass is 16.3. The lowest BCUT2D eigenvalue weighted by Crippen LogP contribution is -2.71. The van der Waals surface area contributed by atoms with Crippen LogP contribution in [0.5, 0.6) is 0 Å². The Bertz CT molecular complexity index is 520. The molecule has 1 fully saturated rings. The van der Waals surface area contributed by atoms with E-state index in [1.807, 2.05) is 32.9 Å². The highest BCUT2D eigenvalue weighted by Crippen LogP contribution is 2.26. The van der Waals surface area contributed by atoms with Crippen molar-refractivity contribution in [1.82, 2.24) is 10.2 Å². The van der Waals surface area contributed by atoms with Gasteiger partial charge in [-0.3, -0.25) is 9.59 Å². The molecule has 2 heterocycles. The van der Waals surface area contributed by atoms with Crippen molar-refractivity contribution < 1.29 is 14.0 Å². The summed E-state index contributed by atoms with van der Waals surface area (Å²) < 4.78 is 5.37. The number of carbonyl (C=O) groups is 2. The van der Waals surface area contributed by atoms with Crippen molar-refractivity contribution in [3.05, 3.63) is 24.2 Å². The summed E-state index contributed by atoms with van der Waals surface area (Å²) in [5.41, 5.74) is -0.861. The topological polar surface area (TPSA) is 62.6 Å². The van der Waals surface area contributed by atoms with Crippen molar-refractivity contribution in [3.8, 4) is 0 Å². The summed E-state index contributed by atoms with van der Waals surface area (Å²) in [4.78, 5) is 26.9. The van der Waals surface area contributed by atoms with Gasteiger partial charge in [-0.05, 0) is 38.8 Å². The van der Waals surface area contributed by atoms with Gasteiger partial charge >= 0.3 is 0 Å². The zero-order valence-corrected chi connectivity index (χ0v) is 13.3. The van der Waals surface area contributed by atoms with Gasteiger partial charge in [-0.25, -0.2) is 0 Å². The van der Waals surface area contributed by atoms with E-state index in [0.29, 0.717) is 6.42 Å². The van der Waals surface area contributed by atoms with Crippen LogP contribution in [0.1, 0.15) is 40.4 Å². The largest absolute Gasteiger partial charge is 0.469 e. The number of furan rings is 1. The van der Waals surface area contributed by atoms with E-state index in [-0.39, 0.29) is 23.8 Å². The number of piperazine rings is 1. The zero-order valence-electron chi connectivity index (χ0n) is 13.3. The molecule has 5 heteroatoms. The van der Waals surface area contributed by atoms with Crippen molar-refractivity contribution >= 4 is 11.8 Å². The Morgan fingerprint density at radius 1 is 1.33 bits per heavy atom. The molecule has 0 radical (unpaired) electrons. The summed E-state index contributed by atoms with van der Waals surface area (Å²) in [6, 6.07) is 3.19. The molecule has 0 aliphatic carbocycles. The van der Waals surface area contributed by atoms with Gasteiger partial charge in [0.15, 0.2) is 0 Å². The second-order valence-corrected chi connectivity index (χ2v) is 6.65. The Balaban J connectivity index is 2.29. The molecule has 2 rings (SSSR count). The molecular weight excluding hydrogens is 268 g/mol. The normalized spacial score (nSPS) is 23.3. The Hall–Kier alpha value is -1.78. The SMILES string of the molecule is CC(C)C1C(=O)NC(C)(C)C(=O)N1C(C)Cc1ccco1. The molecule has 21 heavy (non-hydrogen) atoms. The van der Waals surface area contributed by atoms with Gasteiger partial charge in [0.25, 0.3) is 0 Å². The van der Waals surface area contributed by atoms with Crippen molar-refractivity contribution in [1.29, 1.82) is 0 Å². The van der Waals surface area contributed by atoms with Gasteiger partial charge in [0, 0.05) is 12.5 Å². The minimum absolute atomic E-state index is 0.0418. The molecule has 1 aromatic heterocycles. The molecule has 0 spiro atoms. The molecule has 0 saturated carbocycles. The highest BCUT2D eigenvalue weighted by molar-refractivity contribution is 5.99. The van der Waals surface area contributed by atoms with E-state index in [4.69, 9.17) is 4.42 Å². The minimum Gasteiger partial charge on any atom is -0.469 e. The molecule has 2 atom stereocenters.